The molecule has 1 aromatic heterocycles. The minimum absolute atomic E-state index is 0.00886. The van der Waals surface area contributed by atoms with E-state index < -0.39 is 6.29 Å². The predicted octanol–water partition coefficient (Wildman–Crippen LogP) is 6.82. The molecule has 2 unspecified atom stereocenters. The molecule has 2 saturated heterocycles. The van der Waals surface area contributed by atoms with Gasteiger partial charge in [0, 0.05) is 36.8 Å². The van der Waals surface area contributed by atoms with Gasteiger partial charge in [0.15, 0.2) is 6.29 Å². The van der Waals surface area contributed by atoms with Crippen molar-refractivity contribution in [3.63, 3.8) is 0 Å². The molecule has 5 atom stereocenters. The molecule has 3 aliphatic rings. The number of aliphatic hydroxyl groups is 1. The number of benzene rings is 3. The summed E-state index contributed by atoms with van der Waals surface area (Å²) in [5, 5.41) is 12.6. The van der Waals surface area contributed by atoms with Gasteiger partial charge >= 0.3 is 0 Å². The van der Waals surface area contributed by atoms with Crippen LogP contribution in [0.15, 0.2) is 79.0 Å². The number of fused-ring (bicyclic) bond motifs is 3. The molecular weight excluding hydrogens is 564 g/mol. The highest BCUT2D eigenvalue weighted by Crippen LogP contribution is 2.53. The van der Waals surface area contributed by atoms with Crippen molar-refractivity contribution in [2.45, 2.75) is 77.6 Å². The Kier molecular flexibility index (Phi) is 7.94. The Morgan fingerprint density at radius 2 is 1.78 bits per heavy atom. The molecule has 4 aromatic rings. The molecule has 3 aromatic carbocycles. The fourth-order valence-corrected chi connectivity index (χ4v) is 8.11. The summed E-state index contributed by atoms with van der Waals surface area (Å²) in [6, 6.07) is 23.7. The lowest BCUT2D eigenvalue weighted by atomic mass is 9.65. The average Bonchev–Trinajstić information content (AvgIpc) is 3.27. The molecule has 1 amide bonds. The van der Waals surface area contributed by atoms with Crippen LogP contribution in [0, 0.1) is 10.8 Å². The van der Waals surface area contributed by atoms with Crippen LogP contribution in [0.4, 0.5) is 5.69 Å². The second-order valence-electron chi connectivity index (χ2n) is 14.3. The van der Waals surface area contributed by atoms with Crippen LogP contribution in [0.3, 0.4) is 0 Å². The molecule has 8 heteroatoms. The molecule has 1 aliphatic carbocycles. The third-order valence-corrected chi connectivity index (χ3v) is 9.67. The molecule has 45 heavy (non-hydrogen) atoms. The van der Waals surface area contributed by atoms with Gasteiger partial charge in [0.05, 0.1) is 36.0 Å². The Labute approximate surface area is 264 Å². The van der Waals surface area contributed by atoms with Gasteiger partial charge in [0.25, 0.3) is 5.91 Å². The van der Waals surface area contributed by atoms with E-state index >= 15 is 0 Å². The van der Waals surface area contributed by atoms with Crippen LogP contribution >= 0.6 is 0 Å². The molecule has 7 rings (SSSR count). The molecule has 3 fully saturated rings. The Hall–Kier alpha value is -3.69. The molecule has 0 spiro atoms. The van der Waals surface area contributed by atoms with E-state index in [1.807, 2.05) is 72.8 Å². The molecule has 2 N–H and O–H groups in total. The highest BCUT2D eigenvalue weighted by Gasteiger charge is 2.50. The lowest BCUT2D eigenvalue weighted by molar-refractivity contribution is -0.253. The third-order valence-electron chi connectivity index (χ3n) is 9.67. The summed E-state index contributed by atoms with van der Waals surface area (Å²) in [5.41, 5.74) is 5.78. The molecule has 2 aliphatic heterocycles. The molecule has 0 radical (unpaired) electrons. The predicted molar refractivity (Wildman–Crippen MR) is 173 cm³/mol. The number of ether oxygens (including phenoxy) is 2. The maximum atomic E-state index is 13.1. The number of carbonyl (C=O) groups excluding carboxylic acids is 1. The van der Waals surface area contributed by atoms with E-state index in [2.05, 4.69) is 41.0 Å². The number of aliphatic hydroxyl groups excluding tert-OH is 1. The summed E-state index contributed by atoms with van der Waals surface area (Å²) in [5.74, 6) is -0.327. The first kappa shape index (κ1) is 30.0. The largest absolute Gasteiger partial charge is 0.392 e. The van der Waals surface area contributed by atoms with Crippen molar-refractivity contribution in [2.75, 3.05) is 18.4 Å². The number of anilines is 1. The first-order valence-corrected chi connectivity index (χ1v) is 16.0. The summed E-state index contributed by atoms with van der Waals surface area (Å²) in [6.07, 6.45) is 5.18. The van der Waals surface area contributed by atoms with Crippen molar-refractivity contribution in [3.05, 3.63) is 101 Å². The zero-order valence-electron chi connectivity index (χ0n) is 26.3. The number of amides is 1. The minimum atomic E-state index is -0.599. The fraction of sp³-hybridized carbons (Fsp3) is 0.432. The summed E-state index contributed by atoms with van der Waals surface area (Å²) < 4.78 is 13.3. The van der Waals surface area contributed by atoms with Crippen molar-refractivity contribution in [1.82, 2.24) is 14.9 Å². The zero-order chi connectivity index (χ0) is 31.2. The topological polar surface area (TPSA) is 96.8 Å². The first-order valence-electron chi connectivity index (χ1n) is 16.0. The van der Waals surface area contributed by atoms with Gasteiger partial charge in [0.1, 0.15) is 5.69 Å². The van der Waals surface area contributed by atoms with Crippen LogP contribution in [-0.4, -0.2) is 51.1 Å². The molecule has 2 bridgehead atoms. The van der Waals surface area contributed by atoms with Gasteiger partial charge in [-0.05, 0) is 65.5 Å². The van der Waals surface area contributed by atoms with Crippen LogP contribution in [-0.2, 0) is 16.1 Å². The van der Waals surface area contributed by atoms with Crippen LogP contribution in [0.5, 0.6) is 0 Å². The Morgan fingerprint density at radius 3 is 2.58 bits per heavy atom. The minimum Gasteiger partial charge on any atom is -0.392 e. The van der Waals surface area contributed by atoms with E-state index in [-0.39, 0.29) is 30.4 Å². The lowest BCUT2D eigenvalue weighted by Gasteiger charge is -2.41. The van der Waals surface area contributed by atoms with Gasteiger partial charge in [-0.1, -0.05) is 69.3 Å². The van der Waals surface area contributed by atoms with Gasteiger partial charge < -0.3 is 19.9 Å². The number of carbonyl (C=O) groups is 1. The van der Waals surface area contributed by atoms with Gasteiger partial charge in [-0.3, -0.25) is 14.7 Å². The van der Waals surface area contributed by atoms with Crippen molar-refractivity contribution in [3.8, 4) is 0 Å². The number of likely N-dealkylation sites (tertiary alicyclic amines) is 1. The highest BCUT2D eigenvalue weighted by molar-refractivity contribution is 6.03. The molecule has 3 heterocycles. The SMILES string of the molecule is CC1(C)CC2CC(C)(CN2C[C@H]2C[C@@H](c3ccc(CO)cc3)O[C@@H](c3cccc(NC(=O)c4cnc5ccccc5n4)c3)O2)C1. The van der Waals surface area contributed by atoms with Gasteiger partial charge in [-0.2, -0.15) is 0 Å². The smallest absolute Gasteiger partial charge is 0.275 e. The Morgan fingerprint density at radius 1 is 0.978 bits per heavy atom. The van der Waals surface area contributed by atoms with Crippen molar-refractivity contribution in [2.24, 2.45) is 10.8 Å². The number of nitrogens with one attached hydrogen (secondary N) is 1. The van der Waals surface area contributed by atoms with E-state index in [1.54, 1.807) is 0 Å². The second kappa shape index (κ2) is 11.9. The summed E-state index contributed by atoms with van der Waals surface area (Å²) in [6.45, 7) is 9.23. The summed E-state index contributed by atoms with van der Waals surface area (Å²) >= 11 is 0. The fourth-order valence-electron chi connectivity index (χ4n) is 8.11. The maximum absolute atomic E-state index is 13.1. The number of hydrogen-bond acceptors (Lipinski definition) is 7. The number of para-hydroxylation sites is 2. The van der Waals surface area contributed by atoms with E-state index in [9.17, 15) is 9.90 Å². The third kappa shape index (κ3) is 6.51. The monoisotopic (exact) mass is 606 g/mol. The molecule has 8 nitrogen and oxygen atoms in total. The second-order valence-corrected chi connectivity index (χ2v) is 14.3. The highest BCUT2D eigenvalue weighted by atomic mass is 16.7. The van der Waals surface area contributed by atoms with Crippen molar-refractivity contribution >= 4 is 22.6 Å². The number of rotatable bonds is 7. The van der Waals surface area contributed by atoms with Crippen LogP contribution in [0.2, 0.25) is 0 Å². The lowest BCUT2D eigenvalue weighted by Crippen LogP contribution is -2.42. The van der Waals surface area contributed by atoms with Crippen LogP contribution in [0.1, 0.15) is 86.0 Å². The summed E-state index contributed by atoms with van der Waals surface area (Å²) in [4.78, 5) is 24.7. The normalized spacial score (nSPS) is 27.8. The average molecular weight is 607 g/mol. The quantitative estimate of drug-likeness (QED) is 0.238. The van der Waals surface area contributed by atoms with Gasteiger partial charge in [-0.15, -0.1) is 0 Å². The van der Waals surface area contributed by atoms with Gasteiger partial charge in [-0.25, -0.2) is 4.98 Å². The van der Waals surface area contributed by atoms with Crippen LogP contribution in [0.25, 0.3) is 11.0 Å². The van der Waals surface area contributed by atoms with E-state index in [0.717, 1.165) is 41.7 Å². The number of aromatic nitrogens is 2. The first-order chi connectivity index (χ1) is 21.6. The van der Waals surface area contributed by atoms with E-state index in [1.165, 1.54) is 25.5 Å². The number of hydrogen-bond donors (Lipinski definition) is 2. The standard InChI is InChI=1S/C37H42N4O4/c1-36(2)17-28-18-37(3,22-36)23-41(28)20-29-16-33(25-13-11-24(21-42)12-14-25)45-35(44-29)26-7-6-8-27(15-26)39-34(43)32-19-38-30-9-4-5-10-31(30)40-32/h4-15,19,28-29,33,35,42H,16-18,20-23H2,1-3H3,(H,39,43)/t28?,29-,33+,35+,37?/m1/s1. The Balaban J connectivity index is 1.11. The maximum Gasteiger partial charge on any atom is 0.275 e. The molecule has 1 saturated carbocycles. The van der Waals surface area contributed by atoms with E-state index in [0.29, 0.717) is 28.1 Å². The van der Waals surface area contributed by atoms with Crippen molar-refractivity contribution in [1.29, 1.82) is 0 Å². The summed E-state index contributed by atoms with van der Waals surface area (Å²) in [7, 11) is 0. The molecular formula is C37H42N4O4. The Bertz CT molecular complexity index is 1690. The van der Waals surface area contributed by atoms with E-state index in [4.69, 9.17) is 9.47 Å². The van der Waals surface area contributed by atoms with Crippen LogP contribution < -0.4 is 5.32 Å². The van der Waals surface area contributed by atoms with Gasteiger partial charge in [0.2, 0.25) is 0 Å². The van der Waals surface area contributed by atoms with Crippen molar-refractivity contribution < 1.29 is 19.4 Å². The number of nitrogens with zero attached hydrogens (tertiary/aromatic N) is 3. The molecule has 234 valence electrons. The zero-order valence-corrected chi connectivity index (χ0v) is 26.3.